The monoisotopic (exact) mass is 529 g/mol. The van der Waals surface area contributed by atoms with Crippen LogP contribution in [0.5, 0.6) is 0 Å². The topological polar surface area (TPSA) is 86.8 Å². The molecule has 8 heteroatoms. The Morgan fingerprint density at radius 1 is 0.846 bits per heavy atom. The number of nitrogens with zero attached hydrogens (tertiary/aromatic N) is 2. The third-order valence-corrected chi connectivity index (χ3v) is 6.62. The smallest absolute Gasteiger partial charge is 0.261 e. The Morgan fingerprint density at radius 2 is 1.44 bits per heavy atom. The number of fused-ring (bicyclic) bond motifs is 1. The summed E-state index contributed by atoms with van der Waals surface area (Å²) >= 11 is 0. The average molecular weight is 530 g/mol. The molecule has 1 aliphatic rings. The number of carbonyl (C=O) groups is 4. The van der Waals surface area contributed by atoms with Gasteiger partial charge in [0.05, 0.1) is 11.1 Å². The number of hydrogen-bond acceptors (Lipinski definition) is 4. The number of benzene rings is 3. The Hall–Kier alpha value is -4.33. The number of amides is 4. The Kier molecular flexibility index (Phi) is 8.86. The van der Waals surface area contributed by atoms with Crippen molar-refractivity contribution >= 4 is 23.6 Å². The van der Waals surface area contributed by atoms with Gasteiger partial charge in [-0.3, -0.25) is 24.1 Å². The standard InChI is InChI=1S/C31H32FN3O4/c1-21(2)33-29(37)27(19-22-9-4-3-5-10-22)35(20-23-14-16-24(32)17-15-23)28(36)13-8-18-34-30(38)25-11-6-7-12-26(25)31(34)39/h3-7,9-12,14-17,21,27H,8,13,18-20H2,1-2H3,(H,33,37). The summed E-state index contributed by atoms with van der Waals surface area (Å²) < 4.78 is 13.6. The molecule has 0 fully saturated rings. The number of halogens is 1. The zero-order valence-corrected chi connectivity index (χ0v) is 22.1. The maximum absolute atomic E-state index is 13.7. The summed E-state index contributed by atoms with van der Waals surface area (Å²) in [7, 11) is 0. The second-order valence-corrected chi connectivity index (χ2v) is 9.93. The van der Waals surface area contributed by atoms with E-state index >= 15 is 0 Å². The van der Waals surface area contributed by atoms with Crippen molar-refractivity contribution in [2.45, 2.75) is 51.7 Å². The molecule has 3 aromatic carbocycles. The highest BCUT2D eigenvalue weighted by Gasteiger charge is 2.35. The molecule has 202 valence electrons. The predicted octanol–water partition coefficient (Wildman–Crippen LogP) is 4.37. The van der Waals surface area contributed by atoms with E-state index in [0.29, 0.717) is 23.1 Å². The predicted molar refractivity (Wildman–Crippen MR) is 145 cm³/mol. The molecule has 1 N–H and O–H groups in total. The quantitative estimate of drug-likeness (QED) is 0.374. The van der Waals surface area contributed by atoms with Gasteiger partial charge in [0, 0.05) is 32.0 Å². The van der Waals surface area contributed by atoms with Crippen molar-refractivity contribution in [3.05, 3.63) is 107 Å². The van der Waals surface area contributed by atoms with Crippen LogP contribution < -0.4 is 5.32 Å². The summed E-state index contributed by atoms with van der Waals surface area (Å²) in [6.07, 6.45) is 0.563. The Balaban J connectivity index is 1.54. The largest absolute Gasteiger partial charge is 0.352 e. The summed E-state index contributed by atoms with van der Waals surface area (Å²) in [4.78, 5) is 55.2. The van der Waals surface area contributed by atoms with E-state index in [4.69, 9.17) is 0 Å². The van der Waals surface area contributed by atoms with Gasteiger partial charge in [-0.15, -0.1) is 0 Å². The van der Waals surface area contributed by atoms with E-state index in [1.807, 2.05) is 44.2 Å². The van der Waals surface area contributed by atoms with E-state index in [0.717, 1.165) is 10.5 Å². The molecule has 0 saturated carbocycles. The average Bonchev–Trinajstić information content (AvgIpc) is 3.16. The summed E-state index contributed by atoms with van der Waals surface area (Å²) in [6, 6.07) is 21.0. The maximum Gasteiger partial charge on any atom is 0.261 e. The lowest BCUT2D eigenvalue weighted by Gasteiger charge is -2.32. The lowest BCUT2D eigenvalue weighted by Crippen LogP contribution is -2.51. The minimum absolute atomic E-state index is 0.0227. The van der Waals surface area contributed by atoms with Crippen molar-refractivity contribution in [3.8, 4) is 0 Å². The van der Waals surface area contributed by atoms with Crippen molar-refractivity contribution < 1.29 is 23.6 Å². The molecule has 0 radical (unpaired) electrons. The van der Waals surface area contributed by atoms with Crippen LogP contribution in [-0.2, 0) is 22.6 Å². The van der Waals surface area contributed by atoms with E-state index in [9.17, 15) is 23.6 Å². The van der Waals surface area contributed by atoms with Crippen LogP contribution in [0, 0.1) is 5.82 Å². The van der Waals surface area contributed by atoms with Crippen molar-refractivity contribution in [2.24, 2.45) is 0 Å². The van der Waals surface area contributed by atoms with Crippen molar-refractivity contribution in [3.63, 3.8) is 0 Å². The van der Waals surface area contributed by atoms with Crippen LogP contribution in [0.15, 0.2) is 78.9 Å². The first-order valence-electron chi connectivity index (χ1n) is 13.1. The summed E-state index contributed by atoms with van der Waals surface area (Å²) in [6.45, 7) is 3.90. The van der Waals surface area contributed by atoms with Gasteiger partial charge in [-0.1, -0.05) is 54.6 Å². The molecule has 0 saturated heterocycles. The van der Waals surface area contributed by atoms with Crippen LogP contribution in [0.1, 0.15) is 58.5 Å². The van der Waals surface area contributed by atoms with Gasteiger partial charge < -0.3 is 10.2 Å². The fraction of sp³-hybridized carbons (Fsp3) is 0.290. The van der Waals surface area contributed by atoms with Gasteiger partial charge in [-0.25, -0.2) is 4.39 Å². The summed E-state index contributed by atoms with van der Waals surface area (Å²) in [5, 5.41) is 2.93. The second-order valence-electron chi connectivity index (χ2n) is 9.93. The third kappa shape index (κ3) is 6.76. The highest BCUT2D eigenvalue weighted by molar-refractivity contribution is 6.21. The molecule has 0 aromatic heterocycles. The molecule has 0 aliphatic carbocycles. The Bertz CT molecular complexity index is 1310. The van der Waals surface area contributed by atoms with Crippen LogP contribution in [-0.4, -0.2) is 52.1 Å². The first-order valence-corrected chi connectivity index (χ1v) is 13.1. The molecule has 4 rings (SSSR count). The zero-order valence-electron chi connectivity index (χ0n) is 22.1. The Morgan fingerprint density at radius 3 is 2.03 bits per heavy atom. The van der Waals surface area contributed by atoms with E-state index in [1.165, 1.54) is 17.0 Å². The highest BCUT2D eigenvalue weighted by Crippen LogP contribution is 2.23. The summed E-state index contributed by atoms with van der Waals surface area (Å²) in [5.41, 5.74) is 2.30. The molecule has 1 unspecified atom stereocenters. The molecular weight excluding hydrogens is 497 g/mol. The van der Waals surface area contributed by atoms with Gasteiger partial charge in [-0.05, 0) is 55.7 Å². The molecule has 39 heavy (non-hydrogen) atoms. The minimum Gasteiger partial charge on any atom is -0.352 e. The first-order chi connectivity index (χ1) is 18.7. The van der Waals surface area contributed by atoms with Crippen LogP contribution in [0.25, 0.3) is 0 Å². The molecule has 1 aliphatic heterocycles. The minimum atomic E-state index is -0.813. The van der Waals surface area contributed by atoms with Crippen molar-refractivity contribution in [2.75, 3.05) is 6.54 Å². The lowest BCUT2D eigenvalue weighted by atomic mass is 10.0. The number of hydrogen-bond donors (Lipinski definition) is 1. The van der Waals surface area contributed by atoms with Crippen LogP contribution >= 0.6 is 0 Å². The van der Waals surface area contributed by atoms with E-state index in [1.54, 1.807) is 36.4 Å². The molecule has 3 aromatic rings. The van der Waals surface area contributed by atoms with Gasteiger partial charge in [-0.2, -0.15) is 0 Å². The fourth-order valence-electron chi connectivity index (χ4n) is 4.70. The lowest BCUT2D eigenvalue weighted by molar-refractivity contribution is -0.141. The second kappa shape index (κ2) is 12.5. The SMILES string of the molecule is CC(C)NC(=O)C(Cc1ccccc1)N(Cc1ccc(F)cc1)C(=O)CCCN1C(=O)c2ccccc2C1=O. The molecule has 4 amide bonds. The van der Waals surface area contributed by atoms with Gasteiger partial charge in [0.25, 0.3) is 11.8 Å². The number of imide groups is 1. The van der Waals surface area contributed by atoms with E-state index < -0.39 is 11.9 Å². The van der Waals surface area contributed by atoms with Crippen LogP contribution in [0.3, 0.4) is 0 Å². The molecule has 1 atom stereocenters. The number of carbonyl (C=O) groups excluding carboxylic acids is 4. The van der Waals surface area contributed by atoms with Crippen molar-refractivity contribution in [1.82, 2.24) is 15.1 Å². The first kappa shape index (κ1) is 27.7. The molecule has 1 heterocycles. The Labute approximate surface area is 227 Å². The molecular formula is C31H32FN3O4. The van der Waals surface area contributed by atoms with E-state index in [2.05, 4.69) is 5.32 Å². The molecule has 7 nitrogen and oxygen atoms in total. The molecule has 0 bridgehead atoms. The van der Waals surface area contributed by atoms with E-state index in [-0.39, 0.29) is 55.6 Å². The summed E-state index contributed by atoms with van der Waals surface area (Å²) in [5.74, 6) is -1.72. The van der Waals surface area contributed by atoms with Crippen LogP contribution in [0.4, 0.5) is 4.39 Å². The molecule has 0 spiro atoms. The maximum atomic E-state index is 13.7. The van der Waals surface area contributed by atoms with Gasteiger partial charge >= 0.3 is 0 Å². The fourth-order valence-corrected chi connectivity index (χ4v) is 4.70. The third-order valence-electron chi connectivity index (χ3n) is 6.62. The number of nitrogens with one attached hydrogen (secondary N) is 1. The van der Waals surface area contributed by atoms with Crippen LogP contribution in [0.2, 0.25) is 0 Å². The van der Waals surface area contributed by atoms with Gasteiger partial charge in [0.2, 0.25) is 11.8 Å². The highest BCUT2D eigenvalue weighted by atomic mass is 19.1. The van der Waals surface area contributed by atoms with Gasteiger partial charge in [0.1, 0.15) is 11.9 Å². The number of rotatable bonds is 11. The normalized spacial score (nSPS) is 13.4. The zero-order chi connectivity index (χ0) is 27.9. The van der Waals surface area contributed by atoms with Crippen molar-refractivity contribution in [1.29, 1.82) is 0 Å². The van der Waals surface area contributed by atoms with Gasteiger partial charge in [0.15, 0.2) is 0 Å².